The molecule has 0 fully saturated rings. The summed E-state index contributed by atoms with van der Waals surface area (Å²) in [7, 11) is 1.68. The predicted octanol–water partition coefficient (Wildman–Crippen LogP) is 4.64. The van der Waals surface area contributed by atoms with Crippen LogP contribution in [0, 0.1) is 0 Å². The standard InChI is InChI=1S/C24H33N3O4.HI/c1-19(20-8-4-3-5-9-20)29-14-6-12-25-24(26-13-17-28-2)27-21-10-11-22-23(18-21)31-16-7-15-30-22;/h3-5,8-11,18-19H,6-7,12-17H2,1-2H3,(H2,25,26,27);1H. The first-order valence-electron chi connectivity index (χ1n) is 10.9. The molecule has 176 valence electrons. The zero-order valence-electron chi connectivity index (χ0n) is 18.8. The molecule has 1 aliphatic rings. The van der Waals surface area contributed by atoms with Gasteiger partial charge in [0.2, 0.25) is 0 Å². The van der Waals surface area contributed by atoms with E-state index in [9.17, 15) is 0 Å². The molecule has 0 spiro atoms. The van der Waals surface area contributed by atoms with Crippen LogP contribution in [0.25, 0.3) is 0 Å². The van der Waals surface area contributed by atoms with Crippen molar-refractivity contribution in [1.29, 1.82) is 0 Å². The van der Waals surface area contributed by atoms with Gasteiger partial charge in [-0.3, -0.25) is 4.99 Å². The Kier molecular flexibility index (Phi) is 12.2. The summed E-state index contributed by atoms with van der Waals surface area (Å²) in [4.78, 5) is 4.68. The number of aliphatic imine (C=N–C) groups is 1. The van der Waals surface area contributed by atoms with Gasteiger partial charge < -0.3 is 29.6 Å². The fourth-order valence-electron chi connectivity index (χ4n) is 3.12. The molecule has 3 rings (SSSR count). The van der Waals surface area contributed by atoms with E-state index in [0.717, 1.165) is 30.0 Å². The molecule has 0 saturated carbocycles. The molecule has 32 heavy (non-hydrogen) atoms. The third kappa shape index (κ3) is 8.84. The number of nitrogens with zero attached hydrogens (tertiary/aromatic N) is 1. The van der Waals surface area contributed by atoms with Crippen LogP contribution in [-0.2, 0) is 9.47 Å². The van der Waals surface area contributed by atoms with Gasteiger partial charge in [0.25, 0.3) is 0 Å². The lowest BCUT2D eigenvalue weighted by Gasteiger charge is -2.15. The van der Waals surface area contributed by atoms with E-state index in [0.29, 0.717) is 45.5 Å². The minimum absolute atomic E-state index is 0. The number of nitrogens with one attached hydrogen (secondary N) is 2. The number of halogens is 1. The summed E-state index contributed by atoms with van der Waals surface area (Å²) in [6.45, 7) is 5.96. The normalized spacial score (nSPS) is 14.1. The third-order valence-electron chi connectivity index (χ3n) is 4.82. The number of rotatable bonds is 10. The van der Waals surface area contributed by atoms with Crippen LogP contribution >= 0.6 is 24.0 Å². The van der Waals surface area contributed by atoms with Crippen LogP contribution in [0.1, 0.15) is 31.4 Å². The highest BCUT2D eigenvalue weighted by molar-refractivity contribution is 14.0. The SMILES string of the molecule is COCCNC(=NCCCOC(C)c1ccccc1)Nc1ccc2c(c1)OCCCO2.I. The summed E-state index contributed by atoms with van der Waals surface area (Å²) >= 11 is 0. The van der Waals surface area contributed by atoms with E-state index in [1.54, 1.807) is 7.11 Å². The molecule has 2 aromatic rings. The number of benzene rings is 2. The van der Waals surface area contributed by atoms with E-state index in [-0.39, 0.29) is 30.1 Å². The van der Waals surface area contributed by atoms with Crippen LogP contribution < -0.4 is 20.1 Å². The summed E-state index contributed by atoms with van der Waals surface area (Å²) in [6, 6.07) is 16.1. The highest BCUT2D eigenvalue weighted by Gasteiger charge is 2.11. The molecule has 1 aliphatic heterocycles. The average Bonchev–Trinajstić information content (AvgIpc) is 3.04. The first-order chi connectivity index (χ1) is 15.3. The lowest BCUT2D eigenvalue weighted by molar-refractivity contribution is 0.0652. The molecule has 0 amide bonds. The van der Waals surface area contributed by atoms with E-state index < -0.39 is 0 Å². The highest BCUT2D eigenvalue weighted by atomic mass is 127. The number of ether oxygens (including phenoxy) is 4. The zero-order valence-corrected chi connectivity index (χ0v) is 21.2. The van der Waals surface area contributed by atoms with E-state index >= 15 is 0 Å². The molecule has 1 unspecified atom stereocenters. The van der Waals surface area contributed by atoms with Crippen molar-refractivity contribution >= 4 is 35.6 Å². The number of methoxy groups -OCH3 is 1. The Morgan fingerprint density at radius 3 is 2.62 bits per heavy atom. The number of hydrogen-bond donors (Lipinski definition) is 2. The zero-order chi connectivity index (χ0) is 21.7. The molecule has 0 bridgehead atoms. The molecule has 7 nitrogen and oxygen atoms in total. The quantitative estimate of drug-likeness (QED) is 0.193. The van der Waals surface area contributed by atoms with Gasteiger partial charge >= 0.3 is 0 Å². The van der Waals surface area contributed by atoms with Crippen LogP contribution in [0.2, 0.25) is 0 Å². The van der Waals surface area contributed by atoms with Gasteiger partial charge in [0.05, 0.1) is 25.9 Å². The smallest absolute Gasteiger partial charge is 0.195 e. The molecule has 8 heteroatoms. The van der Waals surface area contributed by atoms with Crippen molar-refractivity contribution in [2.45, 2.75) is 25.9 Å². The van der Waals surface area contributed by atoms with Crippen molar-refractivity contribution < 1.29 is 18.9 Å². The molecule has 0 aromatic heterocycles. The van der Waals surface area contributed by atoms with Gasteiger partial charge in [-0.05, 0) is 31.0 Å². The third-order valence-corrected chi connectivity index (χ3v) is 4.82. The largest absolute Gasteiger partial charge is 0.490 e. The van der Waals surface area contributed by atoms with Crippen molar-refractivity contribution in [2.75, 3.05) is 51.9 Å². The Labute approximate surface area is 207 Å². The lowest BCUT2D eigenvalue weighted by Crippen LogP contribution is -2.33. The number of fused-ring (bicyclic) bond motifs is 1. The van der Waals surface area contributed by atoms with Gasteiger partial charge in [0.1, 0.15) is 0 Å². The fraction of sp³-hybridized carbons (Fsp3) is 0.458. The second-order valence-electron chi connectivity index (χ2n) is 7.26. The summed E-state index contributed by atoms with van der Waals surface area (Å²) in [5.74, 6) is 2.23. The minimum Gasteiger partial charge on any atom is -0.490 e. The molecule has 0 aliphatic carbocycles. The molecular weight excluding hydrogens is 521 g/mol. The molecule has 2 aromatic carbocycles. The molecule has 2 N–H and O–H groups in total. The second-order valence-corrected chi connectivity index (χ2v) is 7.26. The summed E-state index contributed by atoms with van der Waals surface area (Å²) < 4.78 is 22.6. The van der Waals surface area contributed by atoms with Crippen molar-refractivity contribution in [2.24, 2.45) is 4.99 Å². The van der Waals surface area contributed by atoms with Crippen LogP contribution in [-0.4, -0.2) is 52.6 Å². The van der Waals surface area contributed by atoms with Crippen LogP contribution in [0.3, 0.4) is 0 Å². The Hall–Kier alpha value is -2.04. The predicted molar refractivity (Wildman–Crippen MR) is 139 cm³/mol. The topological polar surface area (TPSA) is 73.3 Å². The summed E-state index contributed by atoms with van der Waals surface area (Å²) in [5, 5.41) is 6.63. The Morgan fingerprint density at radius 1 is 1.06 bits per heavy atom. The maximum Gasteiger partial charge on any atom is 0.195 e. The van der Waals surface area contributed by atoms with E-state index in [1.807, 2.05) is 36.4 Å². The van der Waals surface area contributed by atoms with E-state index in [2.05, 4.69) is 34.7 Å². The lowest BCUT2D eigenvalue weighted by atomic mass is 10.1. The number of guanidine groups is 1. The molecule has 1 heterocycles. The van der Waals surface area contributed by atoms with Gasteiger partial charge in [-0.15, -0.1) is 24.0 Å². The Bertz CT molecular complexity index is 820. The molecule has 0 saturated heterocycles. The van der Waals surface area contributed by atoms with E-state index in [4.69, 9.17) is 18.9 Å². The molecule has 1 atom stereocenters. The van der Waals surface area contributed by atoms with Crippen molar-refractivity contribution in [1.82, 2.24) is 5.32 Å². The van der Waals surface area contributed by atoms with Crippen molar-refractivity contribution in [3.05, 3.63) is 54.1 Å². The van der Waals surface area contributed by atoms with Crippen LogP contribution in [0.5, 0.6) is 11.5 Å². The van der Waals surface area contributed by atoms with E-state index in [1.165, 1.54) is 5.56 Å². The fourth-order valence-corrected chi connectivity index (χ4v) is 3.12. The Morgan fingerprint density at radius 2 is 1.84 bits per heavy atom. The van der Waals surface area contributed by atoms with Crippen molar-refractivity contribution in [3.8, 4) is 11.5 Å². The van der Waals surface area contributed by atoms with Crippen molar-refractivity contribution in [3.63, 3.8) is 0 Å². The van der Waals surface area contributed by atoms with Crippen LogP contribution in [0.4, 0.5) is 5.69 Å². The molecular formula is C24H34IN3O4. The maximum atomic E-state index is 5.94. The minimum atomic E-state index is 0. The second kappa shape index (κ2) is 14.9. The summed E-state index contributed by atoms with van der Waals surface area (Å²) in [5.41, 5.74) is 2.07. The highest BCUT2D eigenvalue weighted by Crippen LogP contribution is 2.32. The monoisotopic (exact) mass is 555 g/mol. The van der Waals surface area contributed by atoms with Gasteiger partial charge in [-0.1, -0.05) is 30.3 Å². The van der Waals surface area contributed by atoms with Crippen LogP contribution in [0.15, 0.2) is 53.5 Å². The number of anilines is 1. The first-order valence-corrected chi connectivity index (χ1v) is 10.9. The van der Waals surface area contributed by atoms with Gasteiger partial charge in [-0.25, -0.2) is 0 Å². The van der Waals surface area contributed by atoms with Gasteiger partial charge in [-0.2, -0.15) is 0 Å². The average molecular weight is 555 g/mol. The van der Waals surface area contributed by atoms with Gasteiger partial charge in [0, 0.05) is 45.0 Å². The summed E-state index contributed by atoms with van der Waals surface area (Å²) in [6.07, 6.45) is 1.78. The van der Waals surface area contributed by atoms with Gasteiger partial charge in [0.15, 0.2) is 17.5 Å². The first kappa shape index (κ1) is 26.2. The maximum absolute atomic E-state index is 5.94. The number of hydrogen-bond acceptors (Lipinski definition) is 5. The molecule has 0 radical (unpaired) electrons. The Balaban J connectivity index is 0.00000363.